The quantitative estimate of drug-likeness (QED) is 0.753. The van der Waals surface area contributed by atoms with Gasteiger partial charge < -0.3 is 5.32 Å². The van der Waals surface area contributed by atoms with Crippen LogP contribution < -0.4 is 5.32 Å². The zero-order valence-corrected chi connectivity index (χ0v) is 10.3. The summed E-state index contributed by atoms with van der Waals surface area (Å²) < 4.78 is 0. The summed E-state index contributed by atoms with van der Waals surface area (Å²) in [6.07, 6.45) is 5.03. The molecule has 0 aliphatic carbocycles. The van der Waals surface area contributed by atoms with E-state index < -0.39 is 0 Å². The Bertz CT molecular complexity index is 399. The lowest BCUT2D eigenvalue weighted by atomic mass is 10.1. The molecule has 1 aliphatic heterocycles. The molecular weight excluding hydrogens is 208 g/mol. The molecule has 90 valence electrons. The minimum absolute atomic E-state index is 0.899. The van der Waals surface area contributed by atoms with Crippen molar-refractivity contribution in [2.45, 2.75) is 13.0 Å². The van der Waals surface area contributed by atoms with Crippen molar-refractivity contribution < 1.29 is 0 Å². The third-order valence-electron chi connectivity index (χ3n) is 3.06. The van der Waals surface area contributed by atoms with Gasteiger partial charge in [-0.15, -0.1) is 13.2 Å². The summed E-state index contributed by atoms with van der Waals surface area (Å²) in [5.41, 5.74) is 4.09. The first-order valence-corrected chi connectivity index (χ1v) is 6.13. The molecule has 0 radical (unpaired) electrons. The highest BCUT2D eigenvalue weighted by molar-refractivity contribution is 5.57. The largest absolute Gasteiger partial charge is 0.384 e. The highest BCUT2D eigenvalue weighted by atomic mass is 15.1. The summed E-state index contributed by atoms with van der Waals surface area (Å²) in [5, 5.41) is 3.42. The van der Waals surface area contributed by atoms with Gasteiger partial charge in [0.25, 0.3) is 0 Å². The van der Waals surface area contributed by atoms with Crippen molar-refractivity contribution in [1.82, 2.24) is 4.90 Å². The Hall–Kier alpha value is -1.54. The molecule has 0 amide bonds. The van der Waals surface area contributed by atoms with Gasteiger partial charge in [-0.05, 0) is 23.6 Å². The number of hydrogen-bond acceptors (Lipinski definition) is 2. The fraction of sp³-hybridized carbons (Fsp3) is 0.333. The first-order valence-electron chi connectivity index (χ1n) is 6.13. The highest BCUT2D eigenvalue weighted by Crippen LogP contribution is 2.23. The average molecular weight is 228 g/mol. The molecular formula is C15H20N2. The van der Waals surface area contributed by atoms with E-state index in [2.05, 4.69) is 41.6 Å². The molecule has 0 unspecified atom stereocenters. The second-order valence-corrected chi connectivity index (χ2v) is 4.44. The Balaban J connectivity index is 2.06. The zero-order chi connectivity index (χ0) is 12.1. The van der Waals surface area contributed by atoms with Crippen LogP contribution in [0.3, 0.4) is 0 Å². The molecule has 0 saturated heterocycles. The maximum Gasteiger partial charge on any atom is 0.0376 e. The van der Waals surface area contributed by atoms with E-state index in [9.17, 15) is 0 Å². The fourth-order valence-electron chi connectivity index (χ4n) is 2.26. The number of rotatable bonds is 6. The Morgan fingerprint density at radius 3 is 2.71 bits per heavy atom. The van der Waals surface area contributed by atoms with Crippen LogP contribution in [-0.4, -0.2) is 24.5 Å². The van der Waals surface area contributed by atoms with Gasteiger partial charge in [-0.3, -0.25) is 4.90 Å². The molecule has 1 heterocycles. The minimum atomic E-state index is 0.899. The second-order valence-electron chi connectivity index (χ2n) is 4.44. The van der Waals surface area contributed by atoms with Crippen molar-refractivity contribution in [1.29, 1.82) is 0 Å². The predicted octanol–water partition coefficient (Wildman–Crippen LogP) is 2.83. The third-order valence-corrected chi connectivity index (χ3v) is 3.06. The van der Waals surface area contributed by atoms with Crippen molar-refractivity contribution in [3.63, 3.8) is 0 Å². The summed E-state index contributed by atoms with van der Waals surface area (Å²) >= 11 is 0. The van der Waals surface area contributed by atoms with E-state index in [-0.39, 0.29) is 0 Å². The van der Waals surface area contributed by atoms with E-state index in [1.165, 1.54) is 16.8 Å². The molecule has 1 aromatic carbocycles. The highest BCUT2D eigenvalue weighted by Gasteiger charge is 2.10. The van der Waals surface area contributed by atoms with Gasteiger partial charge in [0.1, 0.15) is 0 Å². The van der Waals surface area contributed by atoms with Crippen LogP contribution in [0.4, 0.5) is 5.69 Å². The Morgan fingerprint density at radius 2 is 2.00 bits per heavy atom. The molecule has 17 heavy (non-hydrogen) atoms. The van der Waals surface area contributed by atoms with Gasteiger partial charge in [0.05, 0.1) is 0 Å². The monoisotopic (exact) mass is 228 g/mol. The summed E-state index contributed by atoms with van der Waals surface area (Å²) in [5.74, 6) is 0. The van der Waals surface area contributed by atoms with Crippen molar-refractivity contribution in [3.8, 4) is 0 Å². The maximum absolute atomic E-state index is 3.79. The Morgan fingerprint density at radius 1 is 1.24 bits per heavy atom. The normalized spacial score (nSPS) is 13.2. The fourth-order valence-corrected chi connectivity index (χ4v) is 2.26. The maximum atomic E-state index is 3.79. The number of nitrogens with zero attached hydrogens (tertiary/aromatic N) is 1. The molecule has 0 atom stereocenters. The van der Waals surface area contributed by atoms with E-state index in [0.717, 1.165) is 32.6 Å². The second kappa shape index (κ2) is 5.69. The van der Waals surface area contributed by atoms with Crippen molar-refractivity contribution in [3.05, 3.63) is 54.6 Å². The van der Waals surface area contributed by atoms with Gasteiger partial charge in [-0.25, -0.2) is 0 Å². The lowest BCUT2D eigenvalue weighted by Crippen LogP contribution is -2.23. The molecule has 0 fully saturated rings. The first-order chi connectivity index (χ1) is 8.33. The molecule has 1 aromatic rings. The van der Waals surface area contributed by atoms with Crippen LogP contribution in [0.5, 0.6) is 0 Å². The van der Waals surface area contributed by atoms with Crippen LogP contribution in [0.1, 0.15) is 11.1 Å². The van der Waals surface area contributed by atoms with Crippen molar-refractivity contribution in [2.24, 2.45) is 0 Å². The molecule has 0 bridgehead atoms. The molecule has 2 rings (SSSR count). The SMILES string of the molecule is C=CCN(CC=C)Cc1ccc2c(c1)NCC2. The summed E-state index contributed by atoms with van der Waals surface area (Å²) in [6, 6.07) is 6.73. The van der Waals surface area contributed by atoms with Crippen LogP contribution in [0.25, 0.3) is 0 Å². The molecule has 1 N–H and O–H groups in total. The van der Waals surface area contributed by atoms with Crippen LogP contribution in [-0.2, 0) is 13.0 Å². The minimum Gasteiger partial charge on any atom is -0.384 e. The number of benzene rings is 1. The Kier molecular flexibility index (Phi) is 3.99. The molecule has 1 aliphatic rings. The van der Waals surface area contributed by atoms with Gasteiger partial charge in [-0.1, -0.05) is 24.3 Å². The topological polar surface area (TPSA) is 15.3 Å². The van der Waals surface area contributed by atoms with E-state index in [1.54, 1.807) is 0 Å². The van der Waals surface area contributed by atoms with E-state index >= 15 is 0 Å². The smallest absolute Gasteiger partial charge is 0.0376 e. The van der Waals surface area contributed by atoms with Crippen LogP contribution in [0.2, 0.25) is 0 Å². The number of nitrogens with one attached hydrogen (secondary N) is 1. The zero-order valence-electron chi connectivity index (χ0n) is 10.3. The third kappa shape index (κ3) is 2.98. The standard InChI is InChI=1S/C15H20N2/c1-3-9-17(10-4-2)12-13-5-6-14-7-8-16-15(14)11-13/h3-6,11,16H,1-2,7-10,12H2. The van der Waals surface area contributed by atoms with Crippen molar-refractivity contribution in [2.75, 3.05) is 25.0 Å². The lowest BCUT2D eigenvalue weighted by Gasteiger charge is -2.19. The van der Waals surface area contributed by atoms with E-state index in [4.69, 9.17) is 0 Å². The molecule has 0 saturated carbocycles. The lowest BCUT2D eigenvalue weighted by molar-refractivity contribution is 0.328. The summed E-state index contributed by atoms with van der Waals surface area (Å²) in [4.78, 5) is 2.32. The van der Waals surface area contributed by atoms with Gasteiger partial charge in [0.15, 0.2) is 0 Å². The van der Waals surface area contributed by atoms with E-state index in [1.807, 2.05) is 12.2 Å². The van der Waals surface area contributed by atoms with Gasteiger partial charge >= 0.3 is 0 Å². The summed E-state index contributed by atoms with van der Waals surface area (Å²) in [6.45, 7) is 11.4. The van der Waals surface area contributed by atoms with E-state index in [0.29, 0.717) is 0 Å². The first kappa shape index (κ1) is 11.9. The number of hydrogen-bond donors (Lipinski definition) is 1. The Labute approximate surface area is 104 Å². The molecule has 2 heteroatoms. The number of anilines is 1. The predicted molar refractivity (Wildman–Crippen MR) is 74.3 cm³/mol. The van der Waals surface area contributed by atoms with Crippen LogP contribution in [0.15, 0.2) is 43.5 Å². The average Bonchev–Trinajstić information content (AvgIpc) is 2.77. The summed E-state index contributed by atoms with van der Waals surface area (Å²) in [7, 11) is 0. The van der Waals surface area contributed by atoms with Gasteiger partial charge in [0.2, 0.25) is 0 Å². The van der Waals surface area contributed by atoms with Crippen LogP contribution in [0, 0.1) is 0 Å². The number of fused-ring (bicyclic) bond motifs is 1. The molecule has 2 nitrogen and oxygen atoms in total. The van der Waals surface area contributed by atoms with Crippen LogP contribution >= 0.6 is 0 Å². The molecule has 0 spiro atoms. The van der Waals surface area contributed by atoms with Crippen molar-refractivity contribution >= 4 is 5.69 Å². The van der Waals surface area contributed by atoms with Gasteiger partial charge in [-0.2, -0.15) is 0 Å². The molecule has 0 aromatic heterocycles. The van der Waals surface area contributed by atoms with Gasteiger partial charge in [0, 0.05) is 31.9 Å².